The van der Waals surface area contributed by atoms with E-state index in [1.54, 1.807) is 7.11 Å². The molecule has 3 rings (SSSR count). The van der Waals surface area contributed by atoms with Crippen LogP contribution in [0.5, 0.6) is 5.75 Å². The molecule has 1 fully saturated rings. The number of hydrogen-bond acceptors (Lipinski definition) is 5. The third-order valence-corrected chi connectivity index (χ3v) is 5.20. The summed E-state index contributed by atoms with van der Waals surface area (Å²) >= 11 is 1.33. The summed E-state index contributed by atoms with van der Waals surface area (Å²) in [7, 11) is 1.62. The van der Waals surface area contributed by atoms with E-state index >= 15 is 0 Å². The van der Waals surface area contributed by atoms with E-state index < -0.39 is 0 Å². The van der Waals surface area contributed by atoms with Crippen LogP contribution in [0, 0.1) is 0 Å². The fraction of sp³-hybridized carbons (Fsp3) is 0.238. The lowest BCUT2D eigenvalue weighted by atomic mass is 10.2. The van der Waals surface area contributed by atoms with E-state index in [4.69, 9.17) is 4.74 Å². The quantitative estimate of drug-likeness (QED) is 0.752. The van der Waals surface area contributed by atoms with Crippen molar-refractivity contribution < 1.29 is 9.53 Å². The van der Waals surface area contributed by atoms with Gasteiger partial charge in [0, 0.05) is 24.3 Å². The molecule has 6 heteroatoms. The molecule has 0 aromatic heterocycles. The van der Waals surface area contributed by atoms with E-state index in [0.29, 0.717) is 10.1 Å². The second kappa shape index (κ2) is 8.77. The Morgan fingerprint density at radius 3 is 2.48 bits per heavy atom. The smallest absolute Gasteiger partial charge is 0.264 e. The number of ether oxygens (including phenoxy) is 1. The topological polar surface area (TPSA) is 53.9 Å². The molecule has 1 aliphatic heterocycles. The Hall–Kier alpha value is -2.73. The molecule has 140 valence electrons. The standard InChI is InChI=1S/C21H23N3O2S/c1-4-24(5-2)17-12-10-16(11-13-17)22-21-23-20(25)19(27-21)14-15-8-6-7-9-18(15)26-3/h6-14H,4-5H2,1-3H3,(H,22,23,25). The van der Waals surface area contributed by atoms with E-state index in [1.807, 2.05) is 42.5 Å². The second-order valence-electron chi connectivity index (χ2n) is 5.91. The zero-order chi connectivity index (χ0) is 19.2. The van der Waals surface area contributed by atoms with Gasteiger partial charge in [-0.15, -0.1) is 0 Å². The Balaban J connectivity index is 1.78. The van der Waals surface area contributed by atoms with Crippen LogP contribution in [0.4, 0.5) is 11.4 Å². The third-order valence-electron chi connectivity index (χ3n) is 4.29. The van der Waals surface area contributed by atoms with Gasteiger partial charge in [-0.3, -0.25) is 4.79 Å². The van der Waals surface area contributed by atoms with Gasteiger partial charge in [-0.05, 0) is 62.0 Å². The monoisotopic (exact) mass is 381 g/mol. The van der Waals surface area contributed by atoms with Crippen molar-refractivity contribution >= 4 is 40.3 Å². The molecule has 1 aliphatic rings. The number of nitrogens with one attached hydrogen (secondary N) is 1. The molecule has 1 N–H and O–H groups in total. The van der Waals surface area contributed by atoms with Crippen molar-refractivity contribution in [1.82, 2.24) is 5.32 Å². The summed E-state index contributed by atoms with van der Waals surface area (Å²) in [5.41, 5.74) is 2.85. The Bertz CT molecular complexity index is 871. The number of carbonyl (C=O) groups is 1. The van der Waals surface area contributed by atoms with Crippen LogP contribution in [0.3, 0.4) is 0 Å². The van der Waals surface area contributed by atoms with Crippen LogP contribution in [0.1, 0.15) is 19.4 Å². The highest BCUT2D eigenvalue weighted by molar-refractivity contribution is 8.18. The first kappa shape index (κ1) is 19.0. The highest BCUT2D eigenvalue weighted by Crippen LogP contribution is 2.30. The van der Waals surface area contributed by atoms with Crippen LogP contribution in [0.25, 0.3) is 6.08 Å². The molecule has 2 aromatic carbocycles. The zero-order valence-corrected chi connectivity index (χ0v) is 16.5. The van der Waals surface area contributed by atoms with Gasteiger partial charge in [-0.25, -0.2) is 4.99 Å². The van der Waals surface area contributed by atoms with Gasteiger partial charge in [-0.1, -0.05) is 18.2 Å². The summed E-state index contributed by atoms with van der Waals surface area (Å²) in [6, 6.07) is 15.6. The first-order valence-electron chi connectivity index (χ1n) is 8.92. The van der Waals surface area contributed by atoms with Crippen LogP contribution in [-0.4, -0.2) is 31.3 Å². The second-order valence-corrected chi connectivity index (χ2v) is 6.94. The van der Waals surface area contributed by atoms with Gasteiger partial charge in [-0.2, -0.15) is 0 Å². The molecular weight excluding hydrogens is 358 g/mol. The number of aliphatic imine (C=N–C) groups is 1. The Morgan fingerprint density at radius 2 is 1.81 bits per heavy atom. The van der Waals surface area contributed by atoms with Gasteiger partial charge in [0.1, 0.15) is 5.75 Å². The summed E-state index contributed by atoms with van der Waals surface area (Å²) in [5.74, 6) is 0.584. The third kappa shape index (κ3) is 4.52. The van der Waals surface area contributed by atoms with Crippen molar-refractivity contribution in [2.75, 3.05) is 25.1 Å². The van der Waals surface area contributed by atoms with E-state index in [1.165, 1.54) is 17.4 Å². The fourth-order valence-electron chi connectivity index (χ4n) is 2.85. The number of hydrogen-bond donors (Lipinski definition) is 1. The van der Waals surface area contributed by atoms with Gasteiger partial charge in [0.05, 0.1) is 17.7 Å². The first-order valence-corrected chi connectivity index (χ1v) is 9.73. The maximum Gasteiger partial charge on any atom is 0.264 e. The molecule has 5 nitrogen and oxygen atoms in total. The molecule has 0 spiro atoms. The molecule has 0 unspecified atom stereocenters. The SMILES string of the molecule is CCN(CC)c1ccc(N=C2NC(=O)C(=Cc3ccccc3OC)S2)cc1. The van der Waals surface area contributed by atoms with Crippen molar-refractivity contribution in [3.63, 3.8) is 0 Å². The van der Waals surface area contributed by atoms with Gasteiger partial charge >= 0.3 is 0 Å². The number of amidine groups is 1. The molecule has 1 saturated heterocycles. The minimum atomic E-state index is -0.149. The van der Waals surface area contributed by atoms with Crippen molar-refractivity contribution in [3.8, 4) is 5.75 Å². The number of nitrogens with zero attached hydrogens (tertiary/aromatic N) is 2. The Morgan fingerprint density at radius 1 is 1.11 bits per heavy atom. The van der Waals surface area contributed by atoms with Crippen LogP contribution in [-0.2, 0) is 4.79 Å². The Labute approximate surface area is 164 Å². The average molecular weight is 382 g/mol. The number of amides is 1. The van der Waals surface area contributed by atoms with E-state index in [0.717, 1.165) is 30.1 Å². The number of carbonyl (C=O) groups excluding carboxylic acids is 1. The van der Waals surface area contributed by atoms with E-state index in [9.17, 15) is 4.79 Å². The van der Waals surface area contributed by atoms with Crippen molar-refractivity contribution in [3.05, 3.63) is 59.0 Å². The fourth-order valence-corrected chi connectivity index (χ4v) is 3.68. The average Bonchev–Trinajstić information content (AvgIpc) is 3.03. The zero-order valence-electron chi connectivity index (χ0n) is 15.7. The summed E-state index contributed by atoms with van der Waals surface area (Å²) in [6.07, 6.45) is 1.82. The van der Waals surface area contributed by atoms with Crippen molar-refractivity contribution in [2.45, 2.75) is 13.8 Å². The predicted octanol–water partition coefficient (Wildman–Crippen LogP) is 4.43. The van der Waals surface area contributed by atoms with Crippen LogP contribution < -0.4 is 15.0 Å². The lowest BCUT2D eigenvalue weighted by Crippen LogP contribution is -2.21. The minimum absolute atomic E-state index is 0.149. The van der Waals surface area contributed by atoms with Crippen LogP contribution in [0.15, 0.2) is 58.4 Å². The maximum absolute atomic E-state index is 12.3. The molecule has 2 aromatic rings. The Kier molecular flexibility index (Phi) is 6.19. The van der Waals surface area contributed by atoms with Gasteiger partial charge in [0.25, 0.3) is 5.91 Å². The molecule has 0 radical (unpaired) electrons. The highest BCUT2D eigenvalue weighted by atomic mass is 32.2. The molecule has 27 heavy (non-hydrogen) atoms. The molecular formula is C21H23N3O2S. The lowest BCUT2D eigenvalue weighted by molar-refractivity contribution is -0.115. The lowest BCUT2D eigenvalue weighted by Gasteiger charge is -2.20. The highest BCUT2D eigenvalue weighted by Gasteiger charge is 2.24. The largest absolute Gasteiger partial charge is 0.496 e. The summed E-state index contributed by atoms with van der Waals surface area (Å²) in [6.45, 7) is 6.20. The minimum Gasteiger partial charge on any atom is -0.496 e. The summed E-state index contributed by atoms with van der Waals surface area (Å²) in [4.78, 5) is 19.7. The summed E-state index contributed by atoms with van der Waals surface area (Å²) < 4.78 is 5.34. The summed E-state index contributed by atoms with van der Waals surface area (Å²) in [5, 5.41) is 3.40. The number of rotatable bonds is 6. The van der Waals surface area contributed by atoms with Gasteiger partial charge < -0.3 is 15.0 Å². The van der Waals surface area contributed by atoms with Crippen molar-refractivity contribution in [2.24, 2.45) is 4.99 Å². The molecule has 0 saturated carbocycles. The molecule has 1 amide bonds. The number of para-hydroxylation sites is 1. The van der Waals surface area contributed by atoms with E-state index in [2.05, 4.69) is 41.2 Å². The first-order chi connectivity index (χ1) is 13.1. The van der Waals surface area contributed by atoms with Crippen LogP contribution >= 0.6 is 11.8 Å². The molecule has 0 atom stereocenters. The number of benzene rings is 2. The van der Waals surface area contributed by atoms with Gasteiger partial charge in [0.2, 0.25) is 0 Å². The predicted molar refractivity (Wildman–Crippen MR) is 114 cm³/mol. The van der Waals surface area contributed by atoms with E-state index in [-0.39, 0.29) is 5.91 Å². The van der Waals surface area contributed by atoms with Gasteiger partial charge in [0.15, 0.2) is 5.17 Å². The molecule has 0 bridgehead atoms. The number of thioether (sulfide) groups is 1. The number of anilines is 1. The van der Waals surface area contributed by atoms with Crippen molar-refractivity contribution in [1.29, 1.82) is 0 Å². The normalized spacial score (nSPS) is 16.6. The maximum atomic E-state index is 12.3. The molecule has 1 heterocycles. The molecule has 0 aliphatic carbocycles. The number of methoxy groups -OCH3 is 1. The van der Waals surface area contributed by atoms with Crippen LogP contribution in [0.2, 0.25) is 0 Å².